The number of carboxylic acids is 1. The van der Waals surface area contributed by atoms with Crippen LogP contribution in [0.3, 0.4) is 0 Å². The fourth-order valence-electron chi connectivity index (χ4n) is 4.01. The molecular formula is C22H23BrN2O3S. The Morgan fingerprint density at radius 2 is 2.17 bits per heavy atom. The molecule has 4 rings (SSSR count). The van der Waals surface area contributed by atoms with Gasteiger partial charge >= 0.3 is 5.97 Å². The highest BCUT2D eigenvalue weighted by atomic mass is 79.9. The number of rotatable bonds is 6. The van der Waals surface area contributed by atoms with Crippen LogP contribution in [0, 0.1) is 0 Å². The molecule has 1 aromatic heterocycles. The summed E-state index contributed by atoms with van der Waals surface area (Å²) in [6.07, 6.45) is 2.55. The molecule has 3 aromatic rings. The minimum Gasteiger partial charge on any atom is -0.494 e. The molecular weight excluding hydrogens is 452 g/mol. The van der Waals surface area contributed by atoms with Crippen LogP contribution in [-0.2, 0) is 4.79 Å². The van der Waals surface area contributed by atoms with Crippen molar-refractivity contribution >= 4 is 43.5 Å². The van der Waals surface area contributed by atoms with E-state index in [4.69, 9.17) is 9.72 Å². The molecule has 152 valence electrons. The van der Waals surface area contributed by atoms with Crippen LogP contribution in [0.15, 0.2) is 46.9 Å². The van der Waals surface area contributed by atoms with Gasteiger partial charge in [0.2, 0.25) is 0 Å². The largest absolute Gasteiger partial charge is 0.494 e. The number of aliphatic carboxylic acids is 1. The number of carboxylic acid groups (broad SMARTS) is 1. The normalized spacial score (nSPS) is 18.6. The predicted molar refractivity (Wildman–Crippen MR) is 119 cm³/mol. The lowest BCUT2D eigenvalue weighted by molar-refractivity contribution is -0.145. The summed E-state index contributed by atoms with van der Waals surface area (Å²) in [5, 5.41) is 10.8. The van der Waals surface area contributed by atoms with Crippen LogP contribution in [0.25, 0.3) is 10.2 Å². The molecule has 0 bridgehead atoms. The van der Waals surface area contributed by atoms with E-state index < -0.39 is 12.0 Å². The minimum atomic E-state index is -0.774. The molecule has 29 heavy (non-hydrogen) atoms. The second kappa shape index (κ2) is 8.81. The van der Waals surface area contributed by atoms with Crippen molar-refractivity contribution in [3.63, 3.8) is 0 Å². The molecule has 1 aliphatic rings. The third kappa shape index (κ3) is 4.17. The Balaban J connectivity index is 1.89. The fourth-order valence-corrected chi connectivity index (χ4v) is 5.50. The molecule has 0 amide bonds. The number of fused-ring (bicyclic) bond motifs is 1. The molecule has 5 nitrogen and oxygen atoms in total. The number of hydrogen-bond donors (Lipinski definition) is 1. The van der Waals surface area contributed by atoms with Crippen LogP contribution in [-0.4, -0.2) is 40.2 Å². The number of hydrogen-bond acceptors (Lipinski definition) is 5. The molecule has 1 aliphatic heterocycles. The van der Waals surface area contributed by atoms with E-state index in [-0.39, 0.29) is 6.04 Å². The van der Waals surface area contributed by atoms with Gasteiger partial charge in [-0.05, 0) is 50.1 Å². The number of piperidine rings is 1. The average Bonchev–Trinajstić information content (AvgIpc) is 3.14. The topological polar surface area (TPSA) is 62.7 Å². The molecule has 7 heteroatoms. The zero-order valence-electron chi connectivity index (χ0n) is 16.2. The summed E-state index contributed by atoms with van der Waals surface area (Å²) in [5.41, 5.74) is 1.89. The van der Waals surface area contributed by atoms with Gasteiger partial charge in [0.1, 0.15) is 16.8 Å². The summed E-state index contributed by atoms with van der Waals surface area (Å²) in [4.78, 5) is 19.1. The van der Waals surface area contributed by atoms with Gasteiger partial charge in [-0.15, -0.1) is 11.3 Å². The zero-order valence-corrected chi connectivity index (χ0v) is 18.6. The lowest BCUT2D eigenvalue weighted by atomic mass is 9.96. The lowest BCUT2D eigenvalue weighted by Crippen LogP contribution is -2.46. The molecule has 1 saturated heterocycles. The van der Waals surface area contributed by atoms with Gasteiger partial charge < -0.3 is 9.84 Å². The number of para-hydroxylation sites is 1. The van der Waals surface area contributed by atoms with Crippen LogP contribution in [0.5, 0.6) is 5.75 Å². The molecule has 2 unspecified atom stereocenters. The highest BCUT2D eigenvalue weighted by molar-refractivity contribution is 9.10. The number of benzene rings is 2. The smallest absolute Gasteiger partial charge is 0.320 e. The van der Waals surface area contributed by atoms with Gasteiger partial charge in [-0.25, -0.2) is 4.98 Å². The maximum Gasteiger partial charge on any atom is 0.320 e. The number of likely N-dealkylation sites (tertiary alicyclic amines) is 1. The Labute approximate surface area is 182 Å². The van der Waals surface area contributed by atoms with Crippen LogP contribution >= 0.6 is 27.3 Å². The molecule has 0 aliphatic carbocycles. The Kier molecular flexibility index (Phi) is 6.18. The number of ether oxygens (including phenoxy) is 1. The van der Waals surface area contributed by atoms with Crippen molar-refractivity contribution in [2.75, 3.05) is 13.2 Å². The van der Waals surface area contributed by atoms with E-state index in [1.807, 2.05) is 43.3 Å². The number of carbonyl (C=O) groups is 1. The Hall–Kier alpha value is -1.96. The summed E-state index contributed by atoms with van der Waals surface area (Å²) in [5.74, 6) is -0.00145. The van der Waals surface area contributed by atoms with Crippen LogP contribution < -0.4 is 4.74 Å². The first-order valence-electron chi connectivity index (χ1n) is 9.84. The minimum absolute atomic E-state index is 0.271. The standard InChI is InChI=1S/C22H23BrN2O3S/c1-2-28-18-11-10-14(23)13-15(18)20(25-12-6-5-8-17(25)22(26)27)21-24-16-7-3-4-9-19(16)29-21/h3-4,7,9-11,13,17,20H,2,5-6,8,12H2,1H3,(H,26,27). The first kappa shape index (κ1) is 20.3. The van der Waals surface area contributed by atoms with Gasteiger partial charge in [0, 0.05) is 16.6 Å². The maximum absolute atomic E-state index is 12.1. The van der Waals surface area contributed by atoms with E-state index in [0.29, 0.717) is 13.0 Å². The third-order valence-corrected chi connectivity index (χ3v) is 6.85. The zero-order chi connectivity index (χ0) is 20.4. The predicted octanol–water partition coefficient (Wildman–Crippen LogP) is 5.49. The number of nitrogens with zero attached hydrogens (tertiary/aromatic N) is 2. The second-order valence-corrected chi connectivity index (χ2v) is 9.10. The van der Waals surface area contributed by atoms with Crippen molar-refractivity contribution in [3.05, 3.63) is 57.5 Å². The van der Waals surface area contributed by atoms with Gasteiger partial charge in [-0.3, -0.25) is 9.69 Å². The van der Waals surface area contributed by atoms with Gasteiger partial charge in [-0.1, -0.05) is 34.5 Å². The van der Waals surface area contributed by atoms with E-state index in [9.17, 15) is 9.90 Å². The van der Waals surface area contributed by atoms with Crippen molar-refractivity contribution in [1.29, 1.82) is 0 Å². The van der Waals surface area contributed by atoms with Gasteiger partial charge in [0.05, 0.1) is 22.9 Å². The van der Waals surface area contributed by atoms with Crippen molar-refractivity contribution in [2.24, 2.45) is 0 Å². The summed E-state index contributed by atoms with van der Waals surface area (Å²) >= 11 is 5.21. The van der Waals surface area contributed by atoms with E-state index >= 15 is 0 Å². The third-order valence-electron chi connectivity index (χ3n) is 5.27. The molecule has 0 saturated carbocycles. The Morgan fingerprint density at radius 3 is 2.93 bits per heavy atom. The number of halogens is 1. The van der Waals surface area contributed by atoms with E-state index in [2.05, 4.69) is 26.9 Å². The molecule has 1 N–H and O–H groups in total. The highest BCUT2D eigenvalue weighted by Gasteiger charge is 2.38. The highest BCUT2D eigenvalue weighted by Crippen LogP contribution is 2.42. The average molecular weight is 475 g/mol. The summed E-state index contributed by atoms with van der Waals surface area (Å²) in [6.45, 7) is 3.22. The molecule has 2 atom stereocenters. The van der Waals surface area contributed by atoms with E-state index in [0.717, 1.165) is 50.4 Å². The van der Waals surface area contributed by atoms with Crippen LogP contribution in [0.1, 0.15) is 42.8 Å². The summed E-state index contributed by atoms with van der Waals surface area (Å²) < 4.78 is 7.97. The van der Waals surface area contributed by atoms with Crippen molar-refractivity contribution in [3.8, 4) is 5.75 Å². The molecule has 0 spiro atoms. The van der Waals surface area contributed by atoms with Crippen LogP contribution in [0.4, 0.5) is 0 Å². The molecule has 2 aromatic carbocycles. The molecule has 0 radical (unpaired) electrons. The van der Waals surface area contributed by atoms with Gasteiger partial charge in [-0.2, -0.15) is 0 Å². The quantitative estimate of drug-likeness (QED) is 0.511. The SMILES string of the molecule is CCOc1ccc(Br)cc1C(c1nc2ccccc2s1)N1CCCCC1C(=O)O. The van der Waals surface area contributed by atoms with Crippen molar-refractivity contribution < 1.29 is 14.6 Å². The molecule has 2 heterocycles. The second-order valence-electron chi connectivity index (χ2n) is 7.13. The van der Waals surface area contributed by atoms with E-state index in [1.54, 1.807) is 11.3 Å². The lowest BCUT2D eigenvalue weighted by Gasteiger charge is -2.38. The maximum atomic E-state index is 12.1. The van der Waals surface area contributed by atoms with Gasteiger partial charge in [0.25, 0.3) is 0 Å². The Bertz CT molecular complexity index is 989. The fraction of sp³-hybridized carbons (Fsp3) is 0.364. The van der Waals surface area contributed by atoms with Crippen molar-refractivity contribution in [1.82, 2.24) is 9.88 Å². The summed E-state index contributed by atoms with van der Waals surface area (Å²) in [6, 6.07) is 13.2. The number of thiazole rings is 1. The van der Waals surface area contributed by atoms with Gasteiger partial charge in [0.15, 0.2) is 0 Å². The van der Waals surface area contributed by atoms with Crippen LogP contribution in [0.2, 0.25) is 0 Å². The summed E-state index contributed by atoms with van der Waals surface area (Å²) in [7, 11) is 0. The first-order chi connectivity index (χ1) is 14.1. The van der Waals surface area contributed by atoms with Crippen molar-refractivity contribution in [2.45, 2.75) is 38.3 Å². The number of aromatic nitrogens is 1. The monoisotopic (exact) mass is 474 g/mol. The first-order valence-corrected chi connectivity index (χ1v) is 11.5. The molecule has 1 fully saturated rings. The van der Waals surface area contributed by atoms with E-state index in [1.165, 1.54) is 0 Å². The Morgan fingerprint density at radius 1 is 1.34 bits per heavy atom.